The van der Waals surface area contributed by atoms with Crippen LogP contribution in [-0.4, -0.2) is 25.0 Å². The Morgan fingerprint density at radius 2 is 1.93 bits per heavy atom. The van der Waals surface area contributed by atoms with E-state index in [1.165, 1.54) is 25.7 Å². The molecule has 3 nitrogen and oxygen atoms in total. The molecule has 80 valence electrons. The van der Waals surface area contributed by atoms with Crippen molar-refractivity contribution in [3.05, 3.63) is 0 Å². The van der Waals surface area contributed by atoms with Crippen LogP contribution in [0, 0.1) is 5.92 Å². The van der Waals surface area contributed by atoms with Crippen molar-refractivity contribution in [2.75, 3.05) is 13.1 Å². The van der Waals surface area contributed by atoms with Gasteiger partial charge in [0.2, 0.25) is 5.91 Å². The maximum atomic E-state index is 11.8. The molecule has 1 atom stereocenters. The molecular weight excluding hydrogens is 176 g/mol. The van der Waals surface area contributed by atoms with E-state index < -0.39 is 0 Å². The Bertz CT molecular complexity index is 193. The molecule has 0 aromatic heterocycles. The SMILES string of the molecule is O=C(NC1CCCC1)[C@@H]1CCCNC1. The molecule has 2 rings (SSSR count). The molecule has 1 saturated carbocycles. The van der Waals surface area contributed by atoms with Crippen molar-refractivity contribution >= 4 is 5.91 Å². The van der Waals surface area contributed by atoms with Gasteiger partial charge < -0.3 is 10.6 Å². The summed E-state index contributed by atoms with van der Waals surface area (Å²) in [5.41, 5.74) is 0. The number of hydrogen-bond acceptors (Lipinski definition) is 2. The van der Waals surface area contributed by atoms with Crippen molar-refractivity contribution in [2.24, 2.45) is 5.92 Å². The van der Waals surface area contributed by atoms with E-state index in [9.17, 15) is 4.79 Å². The fraction of sp³-hybridized carbons (Fsp3) is 0.909. The molecule has 0 aromatic rings. The Morgan fingerprint density at radius 3 is 2.57 bits per heavy atom. The highest BCUT2D eigenvalue weighted by Crippen LogP contribution is 2.19. The first-order valence-corrected chi connectivity index (χ1v) is 5.87. The van der Waals surface area contributed by atoms with Crippen LogP contribution in [0.1, 0.15) is 38.5 Å². The lowest BCUT2D eigenvalue weighted by atomic mass is 9.98. The summed E-state index contributed by atoms with van der Waals surface area (Å²) in [6, 6.07) is 0.476. The molecule has 2 fully saturated rings. The number of nitrogens with one attached hydrogen (secondary N) is 2. The van der Waals surface area contributed by atoms with Gasteiger partial charge in [0.25, 0.3) is 0 Å². The normalized spacial score (nSPS) is 29.0. The van der Waals surface area contributed by atoms with Gasteiger partial charge in [-0.25, -0.2) is 0 Å². The van der Waals surface area contributed by atoms with E-state index >= 15 is 0 Å². The highest BCUT2D eigenvalue weighted by Gasteiger charge is 2.24. The van der Waals surface area contributed by atoms with Gasteiger partial charge in [-0.15, -0.1) is 0 Å². The number of hydrogen-bond donors (Lipinski definition) is 2. The molecule has 0 radical (unpaired) electrons. The zero-order valence-corrected chi connectivity index (χ0v) is 8.72. The minimum Gasteiger partial charge on any atom is -0.353 e. The summed E-state index contributed by atoms with van der Waals surface area (Å²) in [5.74, 6) is 0.508. The monoisotopic (exact) mass is 196 g/mol. The Labute approximate surface area is 85.6 Å². The molecule has 1 heterocycles. The van der Waals surface area contributed by atoms with Gasteiger partial charge in [0.05, 0.1) is 5.92 Å². The van der Waals surface area contributed by atoms with E-state index in [2.05, 4.69) is 10.6 Å². The summed E-state index contributed by atoms with van der Waals surface area (Å²) in [7, 11) is 0. The lowest BCUT2D eigenvalue weighted by molar-refractivity contribution is -0.126. The Balaban J connectivity index is 1.75. The molecule has 0 bridgehead atoms. The Hall–Kier alpha value is -0.570. The third kappa shape index (κ3) is 2.47. The minimum atomic E-state index is 0.226. The molecule has 1 aliphatic heterocycles. The quantitative estimate of drug-likeness (QED) is 0.693. The molecule has 3 heteroatoms. The summed E-state index contributed by atoms with van der Waals surface area (Å²) < 4.78 is 0. The average molecular weight is 196 g/mol. The van der Waals surface area contributed by atoms with Crippen molar-refractivity contribution < 1.29 is 4.79 Å². The van der Waals surface area contributed by atoms with Crippen LogP contribution in [0.2, 0.25) is 0 Å². The van der Waals surface area contributed by atoms with Crippen LogP contribution in [0.25, 0.3) is 0 Å². The molecule has 0 aromatic carbocycles. The highest BCUT2D eigenvalue weighted by atomic mass is 16.2. The van der Waals surface area contributed by atoms with Crippen LogP contribution >= 0.6 is 0 Å². The van der Waals surface area contributed by atoms with Crippen LogP contribution in [0.5, 0.6) is 0 Å². The zero-order valence-electron chi connectivity index (χ0n) is 8.72. The molecule has 1 saturated heterocycles. The first-order chi connectivity index (χ1) is 6.86. The van der Waals surface area contributed by atoms with Crippen LogP contribution in [0.3, 0.4) is 0 Å². The van der Waals surface area contributed by atoms with Crippen molar-refractivity contribution in [3.8, 4) is 0 Å². The minimum absolute atomic E-state index is 0.226. The maximum absolute atomic E-state index is 11.8. The molecule has 1 amide bonds. The lowest BCUT2D eigenvalue weighted by Crippen LogP contribution is -2.43. The Kier molecular flexibility index (Phi) is 3.40. The van der Waals surface area contributed by atoms with Gasteiger partial charge in [-0.05, 0) is 32.2 Å². The number of amides is 1. The standard InChI is InChI=1S/C11H20N2O/c14-11(9-4-3-7-12-8-9)13-10-5-1-2-6-10/h9-10,12H,1-8H2,(H,13,14)/t9-/m1/s1. The van der Waals surface area contributed by atoms with Gasteiger partial charge >= 0.3 is 0 Å². The lowest BCUT2D eigenvalue weighted by Gasteiger charge is -2.23. The van der Waals surface area contributed by atoms with E-state index in [0.29, 0.717) is 6.04 Å². The van der Waals surface area contributed by atoms with Crippen molar-refractivity contribution in [1.29, 1.82) is 0 Å². The van der Waals surface area contributed by atoms with E-state index in [0.717, 1.165) is 25.9 Å². The fourth-order valence-electron chi connectivity index (χ4n) is 2.46. The summed E-state index contributed by atoms with van der Waals surface area (Å²) in [4.78, 5) is 11.8. The third-order valence-corrected chi connectivity index (χ3v) is 3.37. The number of carbonyl (C=O) groups excluding carboxylic acids is 1. The van der Waals surface area contributed by atoms with Gasteiger partial charge in [0.15, 0.2) is 0 Å². The van der Waals surface area contributed by atoms with Gasteiger partial charge in [0.1, 0.15) is 0 Å². The van der Waals surface area contributed by atoms with E-state index in [4.69, 9.17) is 0 Å². The van der Waals surface area contributed by atoms with Gasteiger partial charge in [-0.2, -0.15) is 0 Å². The molecule has 14 heavy (non-hydrogen) atoms. The summed E-state index contributed by atoms with van der Waals surface area (Å²) >= 11 is 0. The van der Waals surface area contributed by atoms with Crippen LogP contribution < -0.4 is 10.6 Å². The second kappa shape index (κ2) is 4.78. The molecule has 0 spiro atoms. The molecule has 2 aliphatic rings. The van der Waals surface area contributed by atoms with Gasteiger partial charge in [-0.3, -0.25) is 4.79 Å². The van der Waals surface area contributed by atoms with Crippen molar-refractivity contribution in [3.63, 3.8) is 0 Å². The molecule has 0 unspecified atom stereocenters. The molecule has 2 N–H and O–H groups in total. The highest BCUT2D eigenvalue weighted by molar-refractivity contribution is 5.79. The number of piperidine rings is 1. The summed E-state index contributed by atoms with van der Waals surface area (Å²) in [6.45, 7) is 1.95. The number of rotatable bonds is 2. The third-order valence-electron chi connectivity index (χ3n) is 3.37. The second-order valence-corrected chi connectivity index (χ2v) is 4.53. The van der Waals surface area contributed by atoms with Crippen LogP contribution in [-0.2, 0) is 4.79 Å². The fourth-order valence-corrected chi connectivity index (χ4v) is 2.46. The first-order valence-electron chi connectivity index (χ1n) is 5.87. The smallest absolute Gasteiger partial charge is 0.224 e. The van der Waals surface area contributed by atoms with Crippen LogP contribution in [0.15, 0.2) is 0 Å². The second-order valence-electron chi connectivity index (χ2n) is 4.53. The predicted octanol–water partition coefficient (Wildman–Crippen LogP) is 1.04. The molecular formula is C11H20N2O. The van der Waals surface area contributed by atoms with Gasteiger partial charge in [0, 0.05) is 12.6 Å². The summed E-state index contributed by atoms with van der Waals surface area (Å²) in [6.07, 6.45) is 7.15. The van der Waals surface area contributed by atoms with Crippen LogP contribution in [0.4, 0.5) is 0 Å². The Morgan fingerprint density at radius 1 is 1.14 bits per heavy atom. The summed E-state index contributed by atoms with van der Waals surface area (Å²) in [5, 5.41) is 6.45. The van der Waals surface area contributed by atoms with E-state index in [-0.39, 0.29) is 11.8 Å². The van der Waals surface area contributed by atoms with Crippen molar-refractivity contribution in [1.82, 2.24) is 10.6 Å². The number of carbonyl (C=O) groups is 1. The first kappa shape index (κ1) is 9.97. The largest absolute Gasteiger partial charge is 0.353 e. The average Bonchev–Trinajstić information content (AvgIpc) is 2.72. The topological polar surface area (TPSA) is 41.1 Å². The predicted molar refractivity (Wildman–Crippen MR) is 56.0 cm³/mol. The van der Waals surface area contributed by atoms with E-state index in [1.54, 1.807) is 0 Å². The van der Waals surface area contributed by atoms with Crippen molar-refractivity contribution in [2.45, 2.75) is 44.6 Å². The van der Waals surface area contributed by atoms with Gasteiger partial charge in [-0.1, -0.05) is 12.8 Å². The van der Waals surface area contributed by atoms with E-state index in [1.807, 2.05) is 0 Å². The maximum Gasteiger partial charge on any atom is 0.224 e. The zero-order chi connectivity index (χ0) is 9.80. The molecule has 1 aliphatic carbocycles.